The van der Waals surface area contributed by atoms with Crippen LogP contribution in [-0.4, -0.2) is 57.5 Å². The number of para-hydroxylation sites is 1. The van der Waals surface area contributed by atoms with E-state index in [0.717, 1.165) is 50.1 Å². The molecule has 0 amide bonds. The molecule has 2 unspecified atom stereocenters. The minimum atomic E-state index is -3.46. The molecular weight excluding hydrogens is 362 g/mol. The Hall–Kier alpha value is -1.15. The topological polar surface area (TPSA) is 61.9 Å². The number of likely N-dealkylation sites (tertiary alicyclic amines) is 1. The first-order valence-electron chi connectivity index (χ1n) is 10.1. The molecule has 3 rings (SSSR count). The van der Waals surface area contributed by atoms with E-state index in [0.29, 0.717) is 25.6 Å². The van der Waals surface area contributed by atoms with Gasteiger partial charge in [-0.1, -0.05) is 31.5 Å². The first kappa shape index (κ1) is 20.6. The van der Waals surface area contributed by atoms with Crippen LogP contribution >= 0.6 is 0 Å². The number of ether oxygens (including phenoxy) is 1. The van der Waals surface area contributed by atoms with Crippen molar-refractivity contribution in [3.8, 4) is 5.75 Å². The fraction of sp³-hybridized carbons (Fsp3) is 0.700. The van der Waals surface area contributed by atoms with Crippen molar-refractivity contribution in [1.82, 2.24) is 13.9 Å². The first-order chi connectivity index (χ1) is 13.0. The maximum atomic E-state index is 12.9. The Bertz CT molecular complexity index is 704. The van der Waals surface area contributed by atoms with E-state index in [1.807, 2.05) is 18.2 Å². The molecule has 0 radical (unpaired) electrons. The molecule has 6 nitrogen and oxygen atoms in total. The Morgan fingerprint density at radius 3 is 2.59 bits per heavy atom. The second-order valence-corrected chi connectivity index (χ2v) is 9.57. The predicted octanol–water partition coefficient (Wildman–Crippen LogP) is 2.79. The SMILES string of the molecule is COc1ccccc1C(CNS(=O)(=O)N1CCCC(C)C1)N1CCCCC1. The molecule has 2 atom stereocenters. The summed E-state index contributed by atoms with van der Waals surface area (Å²) in [6.45, 7) is 5.69. The molecule has 152 valence electrons. The standard InChI is InChI=1S/C20H33N3O3S/c1-17-9-8-14-23(16-17)27(24,25)21-15-19(22-12-6-3-7-13-22)18-10-4-5-11-20(18)26-2/h4-5,10-11,17,19,21H,3,6-9,12-16H2,1-2H3. The van der Waals surface area contributed by atoms with Gasteiger partial charge in [0, 0.05) is 25.2 Å². The minimum absolute atomic E-state index is 0.0153. The number of methoxy groups -OCH3 is 1. The summed E-state index contributed by atoms with van der Waals surface area (Å²) in [5, 5.41) is 0. The van der Waals surface area contributed by atoms with Gasteiger partial charge in [-0.2, -0.15) is 12.7 Å². The highest BCUT2D eigenvalue weighted by atomic mass is 32.2. The lowest BCUT2D eigenvalue weighted by atomic mass is 10.0. The molecule has 1 aromatic rings. The van der Waals surface area contributed by atoms with Gasteiger partial charge in [0.25, 0.3) is 10.2 Å². The summed E-state index contributed by atoms with van der Waals surface area (Å²) in [6.07, 6.45) is 5.59. The minimum Gasteiger partial charge on any atom is -0.496 e. The number of hydrogen-bond acceptors (Lipinski definition) is 4. The molecule has 7 heteroatoms. The van der Waals surface area contributed by atoms with E-state index >= 15 is 0 Å². The maximum absolute atomic E-state index is 12.9. The maximum Gasteiger partial charge on any atom is 0.279 e. The average molecular weight is 396 g/mol. The number of nitrogens with zero attached hydrogens (tertiary/aromatic N) is 2. The molecule has 0 saturated carbocycles. The van der Waals surface area contributed by atoms with Crippen LogP contribution in [0.15, 0.2) is 24.3 Å². The van der Waals surface area contributed by atoms with Crippen molar-refractivity contribution in [3.05, 3.63) is 29.8 Å². The highest BCUT2D eigenvalue weighted by Gasteiger charge is 2.30. The van der Waals surface area contributed by atoms with Crippen molar-refractivity contribution in [3.63, 3.8) is 0 Å². The monoisotopic (exact) mass is 395 g/mol. The molecule has 0 aliphatic carbocycles. The number of hydrogen-bond donors (Lipinski definition) is 1. The molecular formula is C20H33N3O3S. The summed E-state index contributed by atoms with van der Waals surface area (Å²) in [5.41, 5.74) is 1.05. The smallest absolute Gasteiger partial charge is 0.279 e. The zero-order valence-corrected chi connectivity index (χ0v) is 17.4. The number of piperidine rings is 2. The van der Waals surface area contributed by atoms with Crippen LogP contribution in [-0.2, 0) is 10.2 Å². The summed E-state index contributed by atoms with van der Waals surface area (Å²) in [4.78, 5) is 2.39. The van der Waals surface area contributed by atoms with Crippen LogP contribution in [0, 0.1) is 5.92 Å². The van der Waals surface area contributed by atoms with Crippen molar-refractivity contribution < 1.29 is 13.2 Å². The Labute approximate surface area is 164 Å². The Kier molecular flexibility index (Phi) is 7.14. The van der Waals surface area contributed by atoms with Gasteiger partial charge >= 0.3 is 0 Å². The van der Waals surface area contributed by atoms with Crippen molar-refractivity contribution in [2.24, 2.45) is 5.92 Å². The fourth-order valence-corrected chi connectivity index (χ4v) is 5.62. The van der Waals surface area contributed by atoms with Crippen LogP contribution in [0.3, 0.4) is 0 Å². The highest BCUT2D eigenvalue weighted by Crippen LogP contribution is 2.31. The van der Waals surface area contributed by atoms with E-state index in [1.165, 1.54) is 6.42 Å². The molecule has 2 aliphatic rings. The van der Waals surface area contributed by atoms with E-state index in [1.54, 1.807) is 11.4 Å². The van der Waals surface area contributed by atoms with Crippen LogP contribution in [0.4, 0.5) is 0 Å². The quantitative estimate of drug-likeness (QED) is 0.771. The number of nitrogens with one attached hydrogen (secondary N) is 1. The lowest BCUT2D eigenvalue weighted by molar-refractivity contribution is 0.161. The van der Waals surface area contributed by atoms with Gasteiger partial charge in [0.1, 0.15) is 5.75 Å². The van der Waals surface area contributed by atoms with Gasteiger partial charge in [-0.25, -0.2) is 4.72 Å². The molecule has 2 aliphatic heterocycles. The molecule has 2 fully saturated rings. The van der Waals surface area contributed by atoms with Gasteiger partial charge in [-0.15, -0.1) is 0 Å². The summed E-state index contributed by atoms with van der Waals surface area (Å²) in [7, 11) is -1.79. The molecule has 0 aromatic heterocycles. The van der Waals surface area contributed by atoms with E-state index in [-0.39, 0.29) is 6.04 Å². The normalized spacial score (nSPS) is 23.9. The lowest BCUT2D eigenvalue weighted by Crippen LogP contribution is -2.48. The molecule has 1 aromatic carbocycles. The Balaban J connectivity index is 1.77. The van der Waals surface area contributed by atoms with Gasteiger partial charge < -0.3 is 4.74 Å². The first-order valence-corrected chi connectivity index (χ1v) is 11.6. The number of benzene rings is 1. The molecule has 27 heavy (non-hydrogen) atoms. The summed E-state index contributed by atoms with van der Waals surface area (Å²) >= 11 is 0. The van der Waals surface area contributed by atoms with Crippen LogP contribution in [0.1, 0.15) is 50.6 Å². The van der Waals surface area contributed by atoms with E-state index in [2.05, 4.69) is 22.6 Å². The highest BCUT2D eigenvalue weighted by molar-refractivity contribution is 7.87. The van der Waals surface area contributed by atoms with Gasteiger partial charge in [0.05, 0.1) is 13.2 Å². The fourth-order valence-electron chi connectivity index (χ4n) is 4.25. The largest absolute Gasteiger partial charge is 0.496 e. The molecule has 2 heterocycles. The second kappa shape index (κ2) is 9.37. The van der Waals surface area contributed by atoms with Gasteiger partial charge in [-0.3, -0.25) is 4.90 Å². The van der Waals surface area contributed by atoms with Gasteiger partial charge in [0.15, 0.2) is 0 Å². The predicted molar refractivity (Wildman–Crippen MR) is 108 cm³/mol. The van der Waals surface area contributed by atoms with Crippen molar-refractivity contribution in [2.75, 3.05) is 39.8 Å². The zero-order valence-electron chi connectivity index (χ0n) is 16.6. The van der Waals surface area contributed by atoms with E-state index in [9.17, 15) is 8.42 Å². The molecule has 2 saturated heterocycles. The summed E-state index contributed by atoms with van der Waals surface area (Å²) in [6, 6.07) is 7.94. The third-order valence-corrected chi connectivity index (χ3v) is 7.29. The second-order valence-electron chi connectivity index (χ2n) is 7.81. The Morgan fingerprint density at radius 2 is 1.89 bits per heavy atom. The van der Waals surface area contributed by atoms with Crippen molar-refractivity contribution >= 4 is 10.2 Å². The number of rotatable bonds is 7. The van der Waals surface area contributed by atoms with Crippen LogP contribution in [0.2, 0.25) is 0 Å². The van der Waals surface area contributed by atoms with Crippen LogP contribution < -0.4 is 9.46 Å². The van der Waals surface area contributed by atoms with Crippen molar-refractivity contribution in [1.29, 1.82) is 0 Å². The third kappa shape index (κ3) is 5.22. The Morgan fingerprint density at radius 1 is 1.15 bits per heavy atom. The van der Waals surface area contributed by atoms with Crippen LogP contribution in [0.25, 0.3) is 0 Å². The summed E-state index contributed by atoms with van der Waals surface area (Å²) in [5.74, 6) is 1.24. The third-order valence-electron chi connectivity index (χ3n) is 5.75. The summed E-state index contributed by atoms with van der Waals surface area (Å²) < 4.78 is 35.8. The average Bonchev–Trinajstić information content (AvgIpc) is 2.69. The van der Waals surface area contributed by atoms with Gasteiger partial charge in [-0.05, 0) is 50.8 Å². The molecule has 0 bridgehead atoms. The zero-order chi connectivity index (χ0) is 19.3. The molecule has 1 N–H and O–H groups in total. The molecule has 0 spiro atoms. The van der Waals surface area contributed by atoms with E-state index < -0.39 is 10.2 Å². The van der Waals surface area contributed by atoms with E-state index in [4.69, 9.17) is 4.74 Å². The van der Waals surface area contributed by atoms with Crippen LogP contribution in [0.5, 0.6) is 5.75 Å². The van der Waals surface area contributed by atoms with Gasteiger partial charge in [0.2, 0.25) is 0 Å². The lowest BCUT2D eigenvalue weighted by Gasteiger charge is -2.36. The van der Waals surface area contributed by atoms with Crippen molar-refractivity contribution in [2.45, 2.75) is 45.1 Å².